The van der Waals surface area contributed by atoms with Crippen LogP contribution >= 0.6 is 8.58 Å². The Balaban J connectivity index is 0. The SMILES string of the molecule is CC(C)CPC(=O)c1c(C(C)C)cc(C(C)C)cc1C(C)C.[H-].[Li+]. The molecule has 1 nitrogen and oxygen atoms in total. The molecule has 126 valence electrons. The largest absolute Gasteiger partial charge is 1.00 e. The number of benzene rings is 1. The van der Waals surface area contributed by atoms with Crippen LogP contribution in [0.25, 0.3) is 0 Å². The topological polar surface area (TPSA) is 17.1 Å². The van der Waals surface area contributed by atoms with Crippen molar-refractivity contribution in [3.8, 4) is 0 Å². The van der Waals surface area contributed by atoms with Crippen LogP contribution in [-0.4, -0.2) is 11.7 Å². The van der Waals surface area contributed by atoms with Gasteiger partial charge in [0.15, 0.2) is 5.52 Å². The van der Waals surface area contributed by atoms with E-state index >= 15 is 0 Å². The van der Waals surface area contributed by atoms with Crippen molar-refractivity contribution in [1.29, 1.82) is 0 Å². The van der Waals surface area contributed by atoms with Crippen LogP contribution in [0, 0.1) is 5.92 Å². The Labute approximate surface area is 158 Å². The normalized spacial score (nSPS) is 12.0. The van der Waals surface area contributed by atoms with Crippen LogP contribution in [0.3, 0.4) is 0 Å². The van der Waals surface area contributed by atoms with E-state index in [0.717, 1.165) is 11.7 Å². The molecular formula is C20H34LiOP. The van der Waals surface area contributed by atoms with Crippen LogP contribution in [0.15, 0.2) is 12.1 Å². The molecule has 1 aromatic rings. The maximum atomic E-state index is 12.9. The van der Waals surface area contributed by atoms with E-state index < -0.39 is 0 Å². The predicted octanol–water partition coefficient (Wildman–Crippen LogP) is 3.65. The van der Waals surface area contributed by atoms with Gasteiger partial charge >= 0.3 is 18.9 Å². The van der Waals surface area contributed by atoms with Crippen molar-refractivity contribution < 1.29 is 25.1 Å². The first kappa shape index (κ1) is 22.9. The van der Waals surface area contributed by atoms with Gasteiger partial charge in [0, 0.05) is 5.56 Å². The molecule has 3 heteroatoms. The van der Waals surface area contributed by atoms with Crippen molar-refractivity contribution in [2.75, 3.05) is 6.16 Å². The minimum atomic E-state index is 0. The smallest absolute Gasteiger partial charge is 1.00 e. The van der Waals surface area contributed by atoms with E-state index in [2.05, 4.69) is 67.5 Å². The second-order valence-electron chi connectivity index (χ2n) is 7.64. The van der Waals surface area contributed by atoms with Gasteiger partial charge in [-0.05, 0) is 55.1 Å². The Morgan fingerprint density at radius 3 is 1.65 bits per heavy atom. The molecule has 0 aliphatic carbocycles. The Morgan fingerprint density at radius 2 is 1.35 bits per heavy atom. The van der Waals surface area contributed by atoms with Gasteiger partial charge in [-0.1, -0.05) is 67.5 Å². The first-order valence-electron chi connectivity index (χ1n) is 8.61. The van der Waals surface area contributed by atoms with Gasteiger partial charge in [0.25, 0.3) is 0 Å². The van der Waals surface area contributed by atoms with E-state index in [1.807, 2.05) is 0 Å². The average Bonchev–Trinajstić information content (AvgIpc) is 2.42. The molecule has 0 radical (unpaired) electrons. The minimum absolute atomic E-state index is 0. The molecule has 0 spiro atoms. The molecule has 0 saturated heterocycles. The molecule has 0 aliphatic rings. The van der Waals surface area contributed by atoms with Crippen molar-refractivity contribution in [2.45, 2.75) is 73.1 Å². The van der Waals surface area contributed by atoms with Gasteiger partial charge in [0.1, 0.15) is 0 Å². The summed E-state index contributed by atoms with van der Waals surface area (Å²) in [6.45, 7) is 17.6. The van der Waals surface area contributed by atoms with Crippen molar-refractivity contribution >= 4 is 14.1 Å². The van der Waals surface area contributed by atoms with E-state index in [-0.39, 0.29) is 20.3 Å². The minimum Gasteiger partial charge on any atom is -1.00 e. The molecule has 1 unspecified atom stereocenters. The summed E-state index contributed by atoms with van der Waals surface area (Å²) in [6.07, 6.45) is 1.000. The van der Waals surface area contributed by atoms with Crippen LogP contribution < -0.4 is 18.9 Å². The Kier molecular flexibility index (Phi) is 10.00. The fourth-order valence-electron chi connectivity index (χ4n) is 2.60. The van der Waals surface area contributed by atoms with Crippen molar-refractivity contribution in [3.63, 3.8) is 0 Å². The second kappa shape index (κ2) is 10.0. The first-order chi connectivity index (χ1) is 10.1. The van der Waals surface area contributed by atoms with Crippen LogP contribution in [0.2, 0.25) is 0 Å². The number of carbonyl (C=O) groups is 1. The third-order valence-corrected chi connectivity index (χ3v) is 5.62. The van der Waals surface area contributed by atoms with Gasteiger partial charge in [-0.25, -0.2) is 0 Å². The zero-order valence-corrected chi connectivity index (χ0v) is 17.6. The molecule has 0 amide bonds. The van der Waals surface area contributed by atoms with Crippen molar-refractivity contribution in [1.82, 2.24) is 0 Å². The van der Waals surface area contributed by atoms with Gasteiger partial charge in [0.05, 0.1) is 0 Å². The van der Waals surface area contributed by atoms with Crippen LogP contribution in [-0.2, 0) is 0 Å². The summed E-state index contributed by atoms with van der Waals surface area (Å²) in [5, 5.41) is 0. The molecule has 0 fully saturated rings. The molecule has 1 aromatic carbocycles. The third kappa shape index (κ3) is 6.38. The molecule has 0 bridgehead atoms. The molecule has 23 heavy (non-hydrogen) atoms. The van der Waals surface area contributed by atoms with E-state index in [9.17, 15) is 4.79 Å². The van der Waals surface area contributed by atoms with Gasteiger partial charge in [0.2, 0.25) is 0 Å². The summed E-state index contributed by atoms with van der Waals surface area (Å²) in [4.78, 5) is 12.9. The summed E-state index contributed by atoms with van der Waals surface area (Å²) >= 11 is 0. The van der Waals surface area contributed by atoms with Gasteiger partial charge in [-0.2, -0.15) is 0 Å². The Hall–Kier alpha value is -0.0826. The van der Waals surface area contributed by atoms with E-state index in [4.69, 9.17) is 0 Å². The summed E-state index contributed by atoms with van der Waals surface area (Å²) in [7, 11) is 0.394. The van der Waals surface area contributed by atoms with Crippen LogP contribution in [0.4, 0.5) is 0 Å². The van der Waals surface area contributed by atoms with E-state index in [1.165, 1.54) is 16.7 Å². The van der Waals surface area contributed by atoms with Gasteiger partial charge in [-0.3, -0.25) is 4.79 Å². The van der Waals surface area contributed by atoms with E-state index in [1.54, 1.807) is 0 Å². The number of carbonyl (C=O) groups excluding carboxylic acids is 1. The Bertz CT molecular complexity index is 495. The van der Waals surface area contributed by atoms with E-state index in [0.29, 0.717) is 37.8 Å². The summed E-state index contributed by atoms with van der Waals surface area (Å²) in [5.74, 6) is 1.86. The fraction of sp³-hybridized carbons (Fsp3) is 0.650. The van der Waals surface area contributed by atoms with Crippen molar-refractivity contribution in [2.24, 2.45) is 5.92 Å². The molecule has 1 atom stereocenters. The summed E-state index contributed by atoms with van der Waals surface area (Å²) in [6, 6.07) is 4.54. The standard InChI is InChI=1S/C20H33OP.Li.H/c1-12(2)11-22-20(21)19-17(14(5)6)9-16(13(3)4)10-18(19)15(7)8;;/h9-10,12-15,22H,11H2,1-8H3;;/q;+1;-1. The second-order valence-corrected chi connectivity index (χ2v) is 8.86. The van der Waals surface area contributed by atoms with Crippen molar-refractivity contribution in [3.05, 3.63) is 34.4 Å². The van der Waals surface area contributed by atoms with Crippen LogP contribution in [0.1, 0.15) is 102 Å². The zero-order valence-electron chi connectivity index (χ0n) is 17.6. The Morgan fingerprint density at radius 1 is 0.913 bits per heavy atom. The molecule has 1 rings (SSSR count). The maximum Gasteiger partial charge on any atom is 1.00 e. The molecule has 0 heterocycles. The molecule has 0 aliphatic heterocycles. The van der Waals surface area contributed by atoms with Gasteiger partial charge in [-0.15, -0.1) is 0 Å². The first-order valence-corrected chi connectivity index (χ1v) is 9.81. The van der Waals surface area contributed by atoms with Gasteiger partial charge < -0.3 is 1.43 Å². The monoisotopic (exact) mass is 328 g/mol. The maximum absolute atomic E-state index is 12.9. The average molecular weight is 328 g/mol. The zero-order chi connectivity index (χ0) is 17.0. The fourth-order valence-corrected chi connectivity index (χ4v) is 3.66. The number of rotatable bonds is 7. The van der Waals surface area contributed by atoms with Crippen LogP contribution in [0.5, 0.6) is 0 Å². The quantitative estimate of drug-likeness (QED) is 0.552. The summed E-state index contributed by atoms with van der Waals surface area (Å²) < 4.78 is 0. The molecule has 0 saturated carbocycles. The number of hydrogen-bond acceptors (Lipinski definition) is 1. The summed E-state index contributed by atoms with van der Waals surface area (Å²) in [5.41, 5.74) is 5.23. The third-order valence-electron chi connectivity index (χ3n) is 4.03. The molecule has 0 N–H and O–H groups in total. The predicted molar refractivity (Wildman–Crippen MR) is 102 cm³/mol. The molecular weight excluding hydrogens is 294 g/mol. The molecule has 0 aromatic heterocycles. The number of hydrogen-bond donors (Lipinski definition) is 0.